The molecule has 104 valence electrons. The molecule has 0 heterocycles. The van der Waals surface area contributed by atoms with Gasteiger partial charge in [0.25, 0.3) is 5.91 Å². The normalized spacial score (nSPS) is 10.2. The van der Waals surface area contributed by atoms with Crippen molar-refractivity contribution in [3.05, 3.63) is 52.3 Å². The lowest BCUT2D eigenvalue weighted by atomic mass is 10.2. The van der Waals surface area contributed by atoms with Crippen LogP contribution in [-0.4, -0.2) is 13.0 Å². The third-order valence-corrected chi connectivity index (χ3v) is 3.39. The van der Waals surface area contributed by atoms with Gasteiger partial charge in [-0.05, 0) is 52.3 Å². The summed E-state index contributed by atoms with van der Waals surface area (Å²) < 4.78 is 19.1. The van der Waals surface area contributed by atoms with Crippen LogP contribution in [0.1, 0.15) is 10.4 Å². The van der Waals surface area contributed by atoms with Gasteiger partial charge in [0.15, 0.2) is 11.6 Å². The summed E-state index contributed by atoms with van der Waals surface area (Å²) in [6, 6.07) is 9.04. The van der Waals surface area contributed by atoms with E-state index in [4.69, 9.17) is 10.5 Å². The Morgan fingerprint density at radius 1 is 1.30 bits per heavy atom. The molecular weight excluding hydrogens is 327 g/mol. The van der Waals surface area contributed by atoms with Crippen molar-refractivity contribution >= 4 is 33.2 Å². The number of nitrogens with one attached hydrogen (secondary N) is 1. The minimum Gasteiger partial charge on any atom is -0.494 e. The fourth-order valence-corrected chi connectivity index (χ4v) is 1.88. The van der Waals surface area contributed by atoms with Crippen molar-refractivity contribution in [3.63, 3.8) is 0 Å². The maximum Gasteiger partial charge on any atom is 0.255 e. The molecule has 4 nitrogen and oxygen atoms in total. The Hall–Kier alpha value is -2.08. The zero-order chi connectivity index (χ0) is 14.7. The number of hydrogen-bond acceptors (Lipinski definition) is 3. The van der Waals surface area contributed by atoms with Crippen molar-refractivity contribution in [3.8, 4) is 5.75 Å². The third-order valence-electron chi connectivity index (χ3n) is 2.67. The zero-order valence-corrected chi connectivity index (χ0v) is 12.2. The average molecular weight is 339 g/mol. The summed E-state index contributed by atoms with van der Waals surface area (Å²) in [4.78, 5) is 12.0. The van der Waals surface area contributed by atoms with Crippen molar-refractivity contribution in [2.75, 3.05) is 18.2 Å². The number of carbonyl (C=O) groups excluding carboxylic acids is 1. The second-order valence-corrected chi connectivity index (χ2v) is 4.89. The second-order valence-electron chi connectivity index (χ2n) is 4.04. The van der Waals surface area contributed by atoms with E-state index in [-0.39, 0.29) is 11.3 Å². The number of nitrogens with two attached hydrogens (primary N) is 1. The maximum absolute atomic E-state index is 13.5. The molecule has 1 amide bonds. The number of nitrogen functional groups attached to an aromatic ring is 1. The molecule has 2 aromatic rings. The molecule has 0 atom stereocenters. The maximum atomic E-state index is 13.5. The van der Waals surface area contributed by atoms with Gasteiger partial charge in [-0.15, -0.1) is 0 Å². The third kappa shape index (κ3) is 3.08. The van der Waals surface area contributed by atoms with E-state index in [0.717, 1.165) is 10.5 Å². The van der Waals surface area contributed by atoms with Gasteiger partial charge in [-0.2, -0.15) is 0 Å². The van der Waals surface area contributed by atoms with E-state index in [1.807, 2.05) is 0 Å². The predicted molar refractivity (Wildman–Crippen MR) is 79.5 cm³/mol. The number of hydrogen-bond donors (Lipinski definition) is 2. The molecule has 0 aliphatic heterocycles. The molecule has 0 aromatic heterocycles. The molecule has 0 unspecified atom stereocenters. The summed E-state index contributed by atoms with van der Waals surface area (Å²) in [6.45, 7) is 0. The molecule has 0 spiro atoms. The topological polar surface area (TPSA) is 64.3 Å². The number of benzene rings is 2. The number of carbonyl (C=O) groups is 1. The monoisotopic (exact) mass is 338 g/mol. The van der Waals surface area contributed by atoms with E-state index in [0.29, 0.717) is 11.4 Å². The Morgan fingerprint density at radius 3 is 2.65 bits per heavy atom. The van der Waals surface area contributed by atoms with Gasteiger partial charge in [-0.1, -0.05) is 0 Å². The average Bonchev–Trinajstić information content (AvgIpc) is 2.42. The fraction of sp³-hybridized carbons (Fsp3) is 0.0714. The smallest absolute Gasteiger partial charge is 0.255 e. The van der Waals surface area contributed by atoms with Gasteiger partial charge in [0.2, 0.25) is 0 Å². The first-order chi connectivity index (χ1) is 9.51. The number of methoxy groups -OCH3 is 1. The predicted octanol–water partition coefficient (Wildman–Crippen LogP) is 3.43. The first kappa shape index (κ1) is 14.3. The lowest BCUT2D eigenvalue weighted by Gasteiger charge is -2.08. The molecule has 0 saturated heterocycles. The SMILES string of the molecule is COc1ccc(C(=O)Nc2ccc(Br)c(N)c2)cc1F. The highest BCUT2D eigenvalue weighted by atomic mass is 79.9. The van der Waals surface area contributed by atoms with Crippen LogP contribution in [-0.2, 0) is 0 Å². The fourth-order valence-electron chi connectivity index (χ4n) is 1.63. The summed E-state index contributed by atoms with van der Waals surface area (Å²) >= 11 is 3.26. The van der Waals surface area contributed by atoms with Crippen molar-refractivity contribution in [2.24, 2.45) is 0 Å². The number of amides is 1. The number of halogens is 2. The summed E-state index contributed by atoms with van der Waals surface area (Å²) in [7, 11) is 1.36. The van der Waals surface area contributed by atoms with Crippen LogP contribution in [0.15, 0.2) is 40.9 Å². The van der Waals surface area contributed by atoms with Gasteiger partial charge in [0, 0.05) is 21.4 Å². The van der Waals surface area contributed by atoms with Gasteiger partial charge in [-0.3, -0.25) is 4.79 Å². The van der Waals surface area contributed by atoms with Crippen molar-refractivity contribution < 1.29 is 13.9 Å². The number of rotatable bonds is 3. The van der Waals surface area contributed by atoms with Crippen molar-refractivity contribution in [1.29, 1.82) is 0 Å². The Bertz CT molecular complexity index is 662. The molecule has 0 bridgehead atoms. The summed E-state index contributed by atoms with van der Waals surface area (Å²) in [5.41, 5.74) is 6.96. The Balaban J connectivity index is 2.19. The lowest BCUT2D eigenvalue weighted by Crippen LogP contribution is -2.12. The summed E-state index contributed by atoms with van der Waals surface area (Å²) in [6.07, 6.45) is 0. The first-order valence-electron chi connectivity index (χ1n) is 5.71. The van der Waals surface area contributed by atoms with Crippen LogP contribution in [0.3, 0.4) is 0 Å². The van der Waals surface area contributed by atoms with Crippen molar-refractivity contribution in [1.82, 2.24) is 0 Å². The van der Waals surface area contributed by atoms with E-state index >= 15 is 0 Å². The highest BCUT2D eigenvalue weighted by Gasteiger charge is 2.10. The standard InChI is InChI=1S/C14H12BrFN2O2/c1-20-13-5-2-8(6-11(13)16)14(19)18-9-3-4-10(15)12(17)7-9/h2-7H,17H2,1H3,(H,18,19). The molecule has 0 aliphatic carbocycles. The van der Waals surface area contributed by atoms with Gasteiger partial charge >= 0.3 is 0 Å². The molecule has 2 aromatic carbocycles. The Kier molecular flexibility index (Phi) is 4.24. The molecule has 20 heavy (non-hydrogen) atoms. The van der Waals surface area contributed by atoms with Crippen LogP contribution < -0.4 is 15.8 Å². The molecular formula is C14H12BrFN2O2. The van der Waals surface area contributed by atoms with E-state index in [2.05, 4.69) is 21.2 Å². The summed E-state index contributed by atoms with van der Waals surface area (Å²) in [5, 5.41) is 2.64. The quantitative estimate of drug-likeness (QED) is 0.842. The Labute approximate surface area is 123 Å². The lowest BCUT2D eigenvalue weighted by molar-refractivity contribution is 0.102. The van der Waals surface area contributed by atoms with Gasteiger partial charge < -0.3 is 15.8 Å². The molecule has 0 saturated carbocycles. The van der Waals surface area contributed by atoms with Crippen LogP contribution in [0.2, 0.25) is 0 Å². The first-order valence-corrected chi connectivity index (χ1v) is 6.50. The van der Waals surface area contributed by atoms with Gasteiger partial charge in [0.05, 0.1) is 7.11 Å². The van der Waals surface area contributed by atoms with E-state index in [9.17, 15) is 9.18 Å². The largest absolute Gasteiger partial charge is 0.494 e. The molecule has 0 aliphatic rings. The van der Waals surface area contributed by atoms with Crippen molar-refractivity contribution in [2.45, 2.75) is 0 Å². The van der Waals surface area contributed by atoms with Crippen LogP contribution in [0.25, 0.3) is 0 Å². The second kappa shape index (κ2) is 5.92. The number of anilines is 2. The van der Waals surface area contributed by atoms with Crippen LogP contribution >= 0.6 is 15.9 Å². The highest BCUT2D eigenvalue weighted by Crippen LogP contribution is 2.24. The van der Waals surface area contributed by atoms with Gasteiger partial charge in [-0.25, -0.2) is 4.39 Å². The minimum absolute atomic E-state index is 0.0921. The van der Waals surface area contributed by atoms with Crippen LogP contribution in [0.4, 0.5) is 15.8 Å². The number of ether oxygens (including phenoxy) is 1. The molecule has 0 fully saturated rings. The molecule has 0 radical (unpaired) electrons. The summed E-state index contributed by atoms with van der Waals surface area (Å²) in [5.74, 6) is -0.918. The Morgan fingerprint density at radius 2 is 2.05 bits per heavy atom. The van der Waals surface area contributed by atoms with E-state index in [1.165, 1.54) is 19.2 Å². The van der Waals surface area contributed by atoms with Gasteiger partial charge in [0.1, 0.15) is 0 Å². The van der Waals surface area contributed by atoms with Crippen LogP contribution in [0, 0.1) is 5.82 Å². The molecule has 2 rings (SSSR count). The van der Waals surface area contributed by atoms with E-state index in [1.54, 1.807) is 18.2 Å². The van der Waals surface area contributed by atoms with E-state index < -0.39 is 11.7 Å². The zero-order valence-electron chi connectivity index (χ0n) is 10.6. The van der Waals surface area contributed by atoms with Crippen LogP contribution in [0.5, 0.6) is 5.75 Å². The highest BCUT2D eigenvalue weighted by molar-refractivity contribution is 9.10. The molecule has 3 N–H and O–H groups in total. The molecule has 6 heteroatoms. The minimum atomic E-state index is -0.588.